The van der Waals surface area contributed by atoms with Crippen molar-refractivity contribution in [1.82, 2.24) is 54.7 Å². The molecule has 0 spiro atoms. The number of imidazole rings is 1. The Bertz CT molecular complexity index is 3170. The summed E-state index contributed by atoms with van der Waals surface area (Å²) in [5, 5.41) is 41.6. The molecule has 2 amide bonds. The van der Waals surface area contributed by atoms with Crippen LogP contribution >= 0.6 is 0 Å². The zero-order chi connectivity index (χ0) is 56.3. The van der Waals surface area contributed by atoms with Crippen LogP contribution < -0.4 is 16.0 Å². The molecule has 8 heterocycles. The van der Waals surface area contributed by atoms with Crippen LogP contribution in [-0.2, 0) is 14.3 Å². The molecular formula is C62H79N13O6. The number of carbonyl (C=O) groups excluding carboxylic acids is 2. The highest BCUT2D eigenvalue weighted by atomic mass is 16.5. The number of nitrogens with one attached hydrogen (secondary N) is 1. The van der Waals surface area contributed by atoms with E-state index in [1.807, 2.05) is 81.1 Å². The first-order chi connectivity index (χ1) is 39.2. The summed E-state index contributed by atoms with van der Waals surface area (Å²) in [4.78, 5) is 41.7. The Morgan fingerprint density at radius 1 is 0.889 bits per heavy atom. The van der Waals surface area contributed by atoms with Gasteiger partial charge in [-0.3, -0.25) is 14.3 Å². The smallest absolute Gasteiger partial charge is 0.243 e. The highest BCUT2D eigenvalue weighted by molar-refractivity contribution is 5.91. The van der Waals surface area contributed by atoms with Crippen molar-refractivity contribution in [3.05, 3.63) is 114 Å². The van der Waals surface area contributed by atoms with Crippen LogP contribution in [0.3, 0.4) is 0 Å². The van der Waals surface area contributed by atoms with E-state index in [9.17, 15) is 19.8 Å². The van der Waals surface area contributed by atoms with Crippen LogP contribution in [0, 0.1) is 36.5 Å². The summed E-state index contributed by atoms with van der Waals surface area (Å²) in [5.41, 5.74) is 10.5. The SMILES string of the molecule is Cc1nccn1-c1ccc([C@H](C)NC(=O)[C@@H]2C[C@@H](O)CN2C(=O)[C@@H](c2cc(N3CCC(CN4CCC(OC5CC(N6CCC(C(C)n7cc(C#Cc8cc(-c9ccccc9O)nnc8N)cn7)CC6)C5)CC4)CC3)no2)C(C)C)cc1. The number of aromatic nitrogens is 7. The number of rotatable bonds is 16. The third kappa shape index (κ3) is 12.7. The lowest BCUT2D eigenvalue weighted by Gasteiger charge is -2.47. The van der Waals surface area contributed by atoms with Gasteiger partial charge in [-0.25, -0.2) is 4.98 Å². The van der Waals surface area contributed by atoms with Crippen LogP contribution in [-0.4, -0.2) is 154 Å². The summed E-state index contributed by atoms with van der Waals surface area (Å²) in [5.74, 6) is 8.67. The summed E-state index contributed by atoms with van der Waals surface area (Å²) in [6.45, 7) is 17.4. The molecule has 1 saturated carbocycles. The number of nitrogens with two attached hydrogens (primary N) is 1. The fourth-order valence-corrected chi connectivity index (χ4v) is 13.0. The molecule has 81 heavy (non-hydrogen) atoms. The number of hydrogen-bond acceptors (Lipinski definition) is 15. The average Bonchev–Trinajstić information content (AvgIpc) is 4.31. The third-order valence-corrected chi connectivity index (χ3v) is 18.1. The van der Waals surface area contributed by atoms with Crippen molar-refractivity contribution in [2.45, 2.75) is 141 Å². The van der Waals surface area contributed by atoms with Gasteiger partial charge in [-0.1, -0.05) is 55.1 Å². The van der Waals surface area contributed by atoms with Crippen LogP contribution in [0.5, 0.6) is 5.75 Å². The second-order valence-electron chi connectivity index (χ2n) is 23.8. The summed E-state index contributed by atoms with van der Waals surface area (Å²) < 4.78 is 16.7. The van der Waals surface area contributed by atoms with Gasteiger partial charge in [-0.2, -0.15) is 5.10 Å². The number of nitrogen functional groups attached to an aromatic ring is 1. The molecule has 0 bridgehead atoms. The predicted molar refractivity (Wildman–Crippen MR) is 308 cm³/mol. The Kier molecular flexibility index (Phi) is 16.9. The number of hydrogen-bond donors (Lipinski definition) is 4. The molecule has 6 aromatic rings. The van der Waals surface area contributed by atoms with Crippen molar-refractivity contribution in [2.75, 3.05) is 63.0 Å². The number of likely N-dealkylation sites (tertiary alicyclic amines) is 3. The molecule has 0 radical (unpaired) electrons. The minimum absolute atomic E-state index is 0.0856. The lowest BCUT2D eigenvalue weighted by molar-refractivity contribution is -0.141. The Labute approximate surface area is 475 Å². The van der Waals surface area contributed by atoms with E-state index in [1.54, 1.807) is 36.7 Å². The number of phenols is 1. The maximum atomic E-state index is 14.4. The Balaban J connectivity index is 0.580. The van der Waals surface area contributed by atoms with E-state index in [-0.39, 0.29) is 54.3 Å². The van der Waals surface area contributed by atoms with E-state index >= 15 is 0 Å². The van der Waals surface area contributed by atoms with Gasteiger partial charge in [0.1, 0.15) is 23.5 Å². The van der Waals surface area contributed by atoms with Crippen molar-refractivity contribution in [1.29, 1.82) is 0 Å². The Hall–Kier alpha value is -7.11. The largest absolute Gasteiger partial charge is 0.507 e. The Morgan fingerprint density at radius 3 is 2.36 bits per heavy atom. The topological polar surface area (TPSA) is 222 Å². The zero-order valence-corrected chi connectivity index (χ0v) is 47.5. The Morgan fingerprint density at radius 2 is 1.64 bits per heavy atom. The molecule has 428 valence electrons. The van der Waals surface area contributed by atoms with Crippen LogP contribution in [0.25, 0.3) is 16.9 Å². The summed E-state index contributed by atoms with van der Waals surface area (Å²) in [6.07, 6.45) is 16.4. The number of aromatic hydroxyl groups is 1. The number of aliphatic hydroxyl groups excluding tert-OH is 1. The lowest BCUT2D eigenvalue weighted by atomic mass is 9.83. The second kappa shape index (κ2) is 24.5. The minimum Gasteiger partial charge on any atom is -0.507 e. The standard InChI is InChI=1S/C62H79N13O6/c1-39(2)59(62(79)74-38-50(76)33-55(74)61(78)66-40(3)45-12-14-48(15-13-45)73-29-22-64-42(73)5)57-34-58(69-81-57)72-25-16-43(17-26-72)36-70-23-20-51(21-24-70)80-52-31-49(32-52)71-27-18-46(19-28-71)41(4)75-37-44(35-65-75)10-11-47-30-54(67-68-60(47)63)53-8-6-7-9-56(53)77/h6-9,12-15,22,29-30,34-35,37,39-41,43,46,49-52,55,59,76-77H,16-21,23-28,31-33,36,38H2,1-5H3,(H2,63,68)(H,66,78)/t40-,41?,49?,50+,52?,55-,59+/m0/s1. The average molecular weight is 1100 g/mol. The van der Waals surface area contributed by atoms with Crippen molar-refractivity contribution in [3.8, 4) is 34.5 Å². The monoisotopic (exact) mass is 1100 g/mol. The number of phenolic OH excluding ortho intramolecular Hbond substituents is 1. The number of para-hydroxylation sites is 1. The maximum Gasteiger partial charge on any atom is 0.243 e. The highest BCUT2D eigenvalue weighted by Crippen LogP contribution is 2.38. The summed E-state index contributed by atoms with van der Waals surface area (Å²) >= 11 is 0. The molecule has 5 aliphatic rings. The number of carbonyl (C=O) groups is 2. The van der Waals surface area contributed by atoms with Gasteiger partial charge in [0.2, 0.25) is 11.8 Å². The number of nitrogens with zero attached hydrogens (tertiary/aromatic N) is 11. The first-order valence-electron chi connectivity index (χ1n) is 29.4. The summed E-state index contributed by atoms with van der Waals surface area (Å²) in [7, 11) is 0. The maximum absolute atomic E-state index is 14.4. The van der Waals surface area contributed by atoms with Gasteiger partial charge < -0.3 is 54.7 Å². The van der Waals surface area contributed by atoms with Gasteiger partial charge in [-0.15, -0.1) is 10.2 Å². The number of anilines is 2. The molecule has 19 nitrogen and oxygen atoms in total. The molecule has 1 aliphatic carbocycles. The van der Waals surface area contributed by atoms with Crippen molar-refractivity contribution < 1.29 is 29.1 Å². The van der Waals surface area contributed by atoms with E-state index < -0.39 is 18.1 Å². The molecule has 11 rings (SSSR count). The lowest BCUT2D eigenvalue weighted by Crippen LogP contribution is -2.52. The van der Waals surface area contributed by atoms with Crippen LogP contribution in [0.1, 0.15) is 132 Å². The third-order valence-electron chi connectivity index (χ3n) is 18.1. The van der Waals surface area contributed by atoms with Crippen molar-refractivity contribution in [2.24, 2.45) is 17.8 Å². The number of ether oxygens (including phenoxy) is 1. The van der Waals surface area contributed by atoms with Crippen molar-refractivity contribution >= 4 is 23.5 Å². The quantitative estimate of drug-likeness (QED) is 0.0699. The fourth-order valence-electron chi connectivity index (χ4n) is 13.0. The highest BCUT2D eigenvalue weighted by Gasteiger charge is 2.44. The van der Waals surface area contributed by atoms with E-state index in [0.717, 1.165) is 126 Å². The molecule has 5 atom stereocenters. The number of aryl methyl sites for hydroxylation is 1. The number of benzene rings is 2. The number of amides is 2. The molecule has 1 unspecified atom stereocenters. The number of aliphatic hydroxyl groups is 1. The van der Waals surface area contributed by atoms with E-state index in [4.69, 9.17) is 20.1 Å². The zero-order valence-electron chi connectivity index (χ0n) is 47.5. The molecule has 2 aromatic carbocycles. The predicted octanol–water partition coefficient (Wildman–Crippen LogP) is 7.29. The first kappa shape index (κ1) is 55.8. The molecule has 19 heteroatoms. The van der Waals surface area contributed by atoms with Crippen LogP contribution in [0.2, 0.25) is 0 Å². The normalized spacial score (nSPS) is 22.8. The van der Waals surface area contributed by atoms with Crippen LogP contribution in [0.4, 0.5) is 11.6 Å². The van der Waals surface area contributed by atoms with Gasteiger partial charge in [0, 0.05) is 87.6 Å². The molecule has 5 fully saturated rings. The molecule has 5 N–H and O–H groups in total. The number of piperidine rings is 3. The molecular weight excluding hydrogens is 1020 g/mol. The van der Waals surface area contributed by atoms with Crippen LogP contribution in [0.15, 0.2) is 90.0 Å². The van der Waals surface area contributed by atoms with Gasteiger partial charge in [0.25, 0.3) is 0 Å². The van der Waals surface area contributed by atoms with Gasteiger partial charge in [0.05, 0.1) is 53.4 Å². The van der Waals surface area contributed by atoms with E-state index in [2.05, 4.69) is 63.8 Å². The second-order valence-corrected chi connectivity index (χ2v) is 23.8. The van der Waals surface area contributed by atoms with E-state index in [0.29, 0.717) is 52.7 Å². The molecule has 4 saturated heterocycles. The van der Waals surface area contributed by atoms with Gasteiger partial charge >= 0.3 is 0 Å². The summed E-state index contributed by atoms with van der Waals surface area (Å²) in [6, 6.07) is 18.4. The molecule has 4 aromatic heterocycles. The fraction of sp³-hybridized carbons (Fsp3) is 0.532. The molecule has 4 aliphatic heterocycles. The van der Waals surface area contributed by atoms with E-state index in [1.165, 1.54) is 4.90 Å². The van der Waals surface area contributed by atoms with Gasteiger partial charge in [-0.05, 0) is 139 Å². The number of β-amino-alcohol motifs (C(OH)–C–C–N with tert-alkyl or cyclic N) is 1. The van der Waals surface area contributed by atoms with Gasteiger partial charge in [0.15, 0.2) is 17.4 Å². The first-order valence-corrected chi connectivity index (χ1v) is 29.4. The van der Waals surface area contributed by atoms with Crippen molar-refractivity contribution in [3.63, 3.8) is 0 Å². The minimum atomic E-state index is -0.802.